The molecule has 2 nitrogen and oxygen atoms in total. The summed E-state index contributed by atoms with van der Waals surface area (Å²) in [6.45, 7) is 8.14. The van der Waals surface area contributed by atoms with Gasteiger partial charge in [0.25, 0.3) is 0 Å². The second kappa shape index (κ2) is 10.1. The minimum atomic E-state index is 1.12. The second-order valence-electron chi connectivity index (χ2n) is 7.97. The first-order valence-corrected chi connectivity index (χ1v) is 11.3. The summed E-state index contributed by atoms with van der Waals surface area (Å²) in [7, 11) is 1.96. The van der Waals surface area contributed by atoms with Gasteiger partial charge in [-0.25, -0.2) is 0 Å². The van der Waals surface area contributed by atoms with Crippen LogP contribution in [-0.2, 0) is 0 Å². The van der Waals surface area contributed by atoms with Crippen molar-refractivity contribution < 1.29 is 0 Å². The number of benzene rings is 3. The topological polar surface area (TPSA) is 17.0 Å². The molecule has 4 rings (SSSR count). The molecule has 0 unspecified atom stereocenters. The molecule has 0 amide bonds. The van der Waals surface area contributed by atoms with Crippen LogP contribution in [0, 0.1) is 0 Å². The van der Waals surface area contributed by atoms with Gasteiger partial charge in [0.05, 0.1) is 11.0 Å². The van der Waals surface area contributed by atoms with Gasteiger partial charge in [0.2, 0.25) is 0 Å². The van der Waals surface area contributed by atoms with Crippen LogP contribution >= 0.6 is 0 Å². The molecule has 1 aromatic heterocycles. The van der Waals surface area contributed by atoms with Crippen molar-refractivity contribution in [1.29, 1.82) is 0 Å². The molecule has 1 heterocycles. The molecule has 3 aromatic carbocycles. The Labute approximate surface area is 196 Å². The monoisotopic (exact) mass is 430 g/mol. The molecule has 164 valence electrons. The Morgan fingerprint density at radius 1 is 0.909 bits per heavy atom. The lowest BCUT2D eigenvalue weighted by Crippen LogP contribution is -1.93. The van der Waals surface area contributed by atoms with Crippen LogP contribution in [0.15, 0.2) is 110 Å². The van der Waals surface area contributed by atoms with Gasteiger partial charge in [-0.3, -0.25) is 0 Å². The smallest absolute Gasteiger partial charge is 0.0535 e. The van der Waals surface area contributed by atoms with Crippen molar-refractivity contribution in [3.63, 3.8) is 0 Å². The quantitative estimate of drug-likeness (QED) is 0.291. The second-order valence-corrected chi connectivity index (χ2v) is 7.97. The zero-order valence-electron chi connectivity index (χ0n) is 19.5. The van der Waals surface area contributed by atoms with Crippen LogP contribution in [0.5, 0.6) is 0 Å². The Hall–Kier alpha value is -4.04. The van der Waals surface area contributed by atoms with Gasteiger partial charge in [0.1, 0.15) is 0 Å². The molecule has 2 heteroatoms. The van der Waals surface area contributed by atoms with Crippen LogP contribution in [0.4, 0.5) is 5.69 Å². The van der Waals surface area contributed by atoms with Crippen LogP contribution in [0.3, 0.4) is 0 Å². The maximum Gasteiger partial charge on any atom is 0.0535 e. The largest absolute Gasteiger partial charge is 0.388 e. The van der Waals surface area contributed by atoms with Gasteiger partial charge in [-0.15, -0.1) is 0 Å². The summed E-state index contributed by atoms with van der Waals surface area (Å²) in [6.07, 6.45) is 14.5. The molecule has 0 radical (unpaired) electrons. The van der Waals surface area contributed by atoms with E-state index in [1.807, 2.05) is 26.1 Å². The molecule has 0 aliphatic carbocycles. The zero-order valence-corrected chi connectivity index (χ0v) is 19.5. The highest BCUT2D eigenvalue weighted by Crippen LogP contribution is 2.33. The number of hydrogen-bond donors (Lipinski definition) is 1. The number of anilines is 1. The summed E-state index contributed by atoms with van der Waals surface area (Å²) in [4.78, 5) is 0. The lowest BCUT2D eigenvalue weighted by atomic mass is 9.97. The number of para-hydroxylation sites is 2. The lowest BCUT2D eigenvalue weighted by molar-refractivity contribution is 1.29. The SMILES string of the molecule is C=C/C=C(\C=C(/C)c1ccccc1NC)c1ccc2c(c1)c1ccccc1n2/C=C\C=C/C. The third-order valence-corrected chi connectivity index (χ3v) is 5.87. The molecular formula is C31H30N2. The van der Waals surface area contributed by atoms with Crippen molar-refractivity contribution in [2.24, 2.45) is 0 Å². The van der Waals surface area contributed by atoms with E-state index in [9.17, 15) is 0 Å². The number of nitrogens with one attached hydrogen (secondary N) is 1. The molecular weight excluding hydrogens is 400 g/mol. The predicted octanol–water partition coefficient (Wildman–Crippen LogP) is 8.56. The fourth-order valence-electron chi connectivity index (χ4n) is 4.30. The van der Waals surface area contributed by atoms with E-state index < -0.39 is 0 Å². The molecule has 0 aliphatic rings. The number of hydrogen-bond acceptors (Lipinski definition) is 1. The van der Waals surface area contributed by atoms with Gasteiger partial charge in [0.15, 0.2) is 0 Å². The van der Waals surface area contributed by atoms with E-state index in [0.717, 1.165) is 11.3 Å². The van der Waals surface area contributed by atoms with Gasteiger partial charge in [-0.2, -0.15) is 0 Å². The minimum absolute atomic E-state index is 1.12. The fourth-order valence-corrected chi connectivity index (χ4v) is 4.30. The normalized spacial score (nSPS) is 12.9. The lowest BCUT2D eigenvalue weighted by Gasteiger charge is -2.11. The third kappa shape index (κ3) is 4.47. The Kier molecular flexibility index (Phi) is 6.75. The Morgan fingerprint density at radius 2 is 1.67 bits per heavy atom. The zero-order chi connectivity index (χ0) is 23.2. The molecule has 0 fully saturated rings. The van der Waals surface area contributed by atoms with Crippen LogP contribution in [0.25, 0.3) is 39.2 Å². The maximum atomic E-state index is 3.96. The highest BCUT2D eigenvalue weighted by molar-refractivity contribution is 6.10. The fraction of sp³-hybridized carbons (Fsp3) is 0.0968. The number of aromatic nitrogens is 1. The summed E-state index contributed by atoms with van der Waals surface area (Å²) in [5.74, 6) is 0. The molecule has 1 N–H and O–H groups in total. The highest BCUT2D eigenvalue weighted by Gasteiger charge is 2.11. The van der Waals surface area contributed by atoms with Crippen molar-refractivity contribution >= 4 is 44.8 Å². The first-order valence-electron chi connectivity index (χ1n) is 11.3. The average molecular weight is 431 g/mol. The van der Waals surface area contributed by atoms with E-state index in [4.69, 9.17) is 0 Å². The Bertz CT molecular complexity index is 1420. The third-order valence-electron chi connectivity index (χ3n) is 5.87. The molecule has 0 aliphatic heterocycles. The standard InChI is InChI=1S/C31H30N2/c1-5-7-12-20-33-30-17-11-9-15-27(30)28-22-25(18-19-31(28)33)24(13-6-2)21-23(3)26-14-8-10-16-29(26)32-4/h5-22,32H,2H2,1,3-4H3/b7-5-,20-12-,23-21+,24-13+. The summed E-state index contributed by atoms with van der Waals surface area (Å²) in [5.41, 5.74) is 8.22. The number of rotatable bonds is 7. The highest BCUT2D eigenvalue weighted by atomic mass is 14.9. The van der Waals surface area contributed by atoms with Gasteiger partial charge in [-0.1, -0.05) is 79.4 Å². The van der Waals surface area contributed by atoms with E-state index in [-0.39, 0.29) is 0 Å². The van der Waals surface area contributed by atoms with E-state index in [1.165, 1.54) is 38.5 Å². The van der Waals surface area contributed by atoms with Crippen molar-refractivity contribution in [2.75, 3.05) is 12.4 Å². The van der Waals surface area contributed by atoms with Crippen molar-refractivity contribution in [3.05, 3.63) is 121 Å². The van der Waals surface area contributed by atoms with Crippen LogP contribution in [-0.4, -0.2) is 11.6 Å². The summed E-state index contributed by atoms with van der Waals surface area (Å²) in [5, 5.41) is 5.78. The van der Waals surface area contributed by atoms with Crippen molar-refractivity contribution in [2.45, 2.75) is 13.8 Å². The van der Waals surface area contributed by atoms with Gasteiger partial charge in [0, 0.05) is 35.3 Å². The van der Waals surface area contributed by atoms with E-state index >= 15 is 0 Å². The van der Waals surface area contributed by atoms with Crippen molar-refractivity contribution in [1.82, 2.24) is 4.57 Å². The molecule has 0 saturated heterocycles. The van der Waals surface area contributed by atoms with Crippen LogP contribution in [0.1, 0.15) is 25.0 Å². The molecule has 33 heavy (non-hydrogen) atoms. The number of nitrogens with zero attached hydrogens (tertiary/aromatic N) is 1. The summed E-state index contributed by atoms with van der Waals surface area (Å²) < 4.78 is 2.26. The van der Waals surface area contributed by atoms with Crippen molar-refractivity contribution in [3.8, 4) is 0 Å². The summed E-state index contributed by atoms with van der Waals surface area (Å²) in [6, 6.07) is 23.7. The number of fused-ring (bicyclic) bond motifs is 3. The van der Waals surface area contributed by atoms with E-state index in [2.05, 4.69) is 121 Å². The van der Waals surface area contributed by atoms with E-state index in [1.54, 1.807) is 0 Å². The molecule has 0 saturated carbocycles. The minimum Gasteiger partial charge on any atom is -0.388 e. The first-order chi connectivity index (χ1) is 16.2. The predicted molar refractivity (Wildman–Crippen MR) is 147 cm³/mol. The van der Waals surface area contributed by atoms with Gasteiger partial charge >= 0.3 is 0 Å². The van der Waals surface area contributed by atoms with Gasteiger partial charge in [-0.05, 0) is 60.9 Å². The molecule has 4 aromatic rings. The molecule has 0 bridgehead atoms. The average Bonchev–Trinajstić information content (AvgIpc) is 3.17. The Balaban J connectivity index is 1.87. The summed E-state index contributed by atoms with van der Waals surface area (Å²) >= 11 is 0. The number of allylic oxidation sites excluding steroid dienone is 8. The van der Waals surface area contributed by atoms with Crippen LogP contribution in [0.2, 0.25) is 0 Å². The Morgan fingerprint density at radius 3 is 2.45 bits per heavy atom. The molecule has 0 atom stereocenters. The van der Waals surface area contributed by atoms with Gasteiger partial charge < -0.3 is 9.88 Å². The maximum absolute atomic E-state index is 3.96. The van der Waals surface area contributed by atoms with Crippen LogP contribution < -0.4 is 5.32 Å². The molecule has 0 spiro atoms. The first kappa shape index (κ1) is 22.2. The van der Waals surface area contributed by atoms with E-state index in [0.29, 0.717) is 0 Å².